The standard InChI is InChI=1S/C77H150O17P2/c1-7-9-11-13-15-17-19-21-22-23-24-25-26-27-28-30-32-36-42-49-55-61-76(81)93-72(65-87-74(79)59-53-47-41-35-31-29-20-18-16-14-12-10-8-2)67-91-95(83,84)89-63-71(78)64-90-96(85,86)92-68-73(66-88-75(80)60-54-48-44-38-40-46-52-58-70(5)6)94-77(82)62-56-50-43-37-33-34-39-45-51-57-69(3)4/h69-73,78H,7-68H2,1-6H3,(H,83,84)(H,85,86)/t71-,72-,73-/m1/s1. The van der Waals surface area contributed by atoms with Crippen molar-refractivity contribution in [1.29, 1.82) is 0 Å². The van der Waals surface area contributed by atoms with Crippen molar-refractivity contribution in [3.63, 3.8) is 0 Å². The molecular weight excluding hydrogens is 1260 g/mol. The molecule has 2 unspecified atom stereocenters. The molecule has 3 N–H and O–H groups in total. The number of rotatable bonds is 76. The van der Waals surface area contributed by atoms with Crippen LogP contribution >= 0.6 is 15.6 Å². The van der Waals surface area contributed by atoms with E-state index in [0.717, 1.165) is 102 Å². The van der Waals surface area contributed by atoms with Crippen LogP contribution in [-0.2, 0) is 65.4 Å². The minimum absolute atomic E-state index is 0.105. The highest BCUT2D eigenvalue weighted by Crippen LogP contribution is 2.45. The van der Waals surface area contributed by atoms with Crippen molar-refractivity contribution in [2.75, 3.05) is 39.6 Å². The summed E-state index contributed by atoms with van der Waals surface area (Å²) in [6, 6.07) is 0. The number of hydrogen-bond donors (Lipinski definition) is 3. The Morgan fingerprint density at radius 3 is 0.708 bits per heavy atom. The van der Waals surface area contributed by atoms with E-state index in [2.05, 4.69) is 41.5 Å². The molecule has 0 saturated carbocycles. The number of carbonyl (C=O) groups is 4. The molecule has 0 aliphatic rings. The first-order valence-electron chi connectivity index (χ1n) is 40.0. The lowest BCUT2D eigenvalue weighted by Crippen LogP contribution is -2.30. The van der Waals surface area contributed by atoms with Gasteiger partial charge in [-0.1, -0.05) is 350 Å². The Balaban J connectivity index is 5.20. The summed E-state index contributed by atoms with van der Waals surface area (Å²) in [5, 5.41) is 10.6. The average Bonchev–Trinajstić information content (AvgIpc) is 1.31. The molecule has 0 heterocycles. The van der Waals surface area contributed by atoms with Crippen LogP contribution < -0.4 is 0 Å². The van der Waals surface area contributed by atoms with Gasteiger partial charge in [-0.2, -0.15) is 0 Å². The first kappa shape index (κ1) is 94.1. The zero-order chi connectivity index (χ0) is 70.7. The van der Waals surface area contributed by atoms with Crippen LogP contribution in [0.2, 0.25) is 0 Å². The van der Waals surface area contributed by atoms with Crippen molar-refractivity contribution >= 4 is 39.5 Å². The summed E-state index contributed by atoms with van der Waals surface area (Å²) < 4.78 is 68.5. The lowest BCUT2D eigenvalue weighted by atomic mass is 10.0. The van der Waals surface area contributed by atoms with Crippen LogP contribution in [0.5, 0.6) is 0 Å². The van der Waals surface area contributed by atoms with Gasteiger partial charge in [-0.3, -0.25) is 37.3 Å². The molecule has 570 valence electrons. The van der Waals surface area contributed by atoms with Gasteiger partial charge in [-0.15, -0.1) is 0 Å². The van der Waals surface area contributed by atoms with Crippen LogP contribution in [0.15, 0.2) is 0 Å². The van der Waals surface area contributed by atoms with Crippen molar-refractivity contribution < 1.29 is 80.2 Å². The number of unbranched alkanes of at least 4 members (excludes halogenated alkanes) is 46. The monoisotopic (exact) mass is 1410 g/mol. The van der Waals surface area contributed by atoms with Gasteiger partial charge >= 0.3 is 39.5 Å². The molecule has 96 heavy (non-hydrogen) atoms. The molecule has 17 nitrogen and oxygen atoms in total. The second kappa shape index (κ2) is 68.8. The maximum Gasteiger partial charge on any atom is 0.472 e. The van der Waals surface area contributed by atoms with Gasteiger partial charge in [0.2, 0.25) is 0 Å². The molecule has 0 saturated heterocycles. The molecule has 0 amide bonds. The molecule has 5 atom stereocenters. The Morgan fingerprint density at radius 1 is 0.281 bits per heavy atom. The SMILES string of the molecule is CCCCCCCCCCCCCCCCCCCCCCCC(=O)O[C@H](COC(=O)CCCCCCCCCCCCCCC)COP(=O)(O)OC[C@@H](O)COP(=O)(O)OC[C@@H](COC(=O)CCCCCCCCCC(C)C)OC(=O)CCCCCCCCCCCC(C)C. The van der Waals surface area contributed by atoms with Crippen LogP contribution in [0, 0.1) is 11.8 Å². The molecular formula is C77H150O17P2. The van der Waals surface area contributed by atoms with Gasteiger partial charge in [-0.05, 0) is 37.5 Å². The lowest BCUT2D eigenvalue weighted by molar-refractivity contribution is -0.161. The summed E-state index contributed by atoms with van der Waals surface area (Å²) in [7, 11) is -9.91. The summed E-state index contributed by atoms with van der Waals surface area (Å²) >= 11 is 0. The lowest BCUT2D eigenvalue weighted by Gasteiger charge is -2.21. The van der Waals surface area contributed by atoms with Crippen molar-refractivity contribution in [1.82, 2.24) is 0 Å². The van der Waals surface area contributed by atoms with E-state index in [1.165, 1.54) is 212 Å². The third kappa shape index (κ3) is 70.5. The first-order valence-corrected chi connectivity index (χ1v) is 43.0. The molecule has 0 aliphatic heterocycles. The van der Waals surface area contributed by atoms with Gasteiger partial charge in [0.05, 0.1) is 26.4 Å². The maximum atomic E-state index is 13.1. The minimum Gasteiger partial charge on any atom is -0.462 e. The second-order valence-electron chi connectivity index (χ2n) is 28.7. The van der Waals surface area contributed by atoms with Gasteiger partial charge in [0.25, 0.3) is 0 Å². The molecule has 0 fully saturated rings. The highest BCUT2D eigenvalue weighted by Gasteiger charge is 2.30. The number of carbonyl (C=O) groups excluding carboxylic acids is 4. The largest absolute Gasteiger partial charge is 0.472 e. The quantitative estimate of drug-likeness (QED) is 0.0222. The van der Waals surface area contributed by atoms with Crippen LogP contribution in [0.25, 0.3) is 0 Å². The predicted octanol–water partition coefficient (Wildman–Crippen LogP) is 22.7. The van der Waals surface area contributed by atoms with E-state index in [9.17, 15) is 43.2 Å². The molecule has 19 heteroatoms. The molecule has 0 spiro atoms. The molecule has 0 radical (unpaired) electrons. The van der Waals surface area contributed by atoms with Gasteiger partial charge < -0.3 is 33.8 Å². The predicted molar refractivity (Wildman–Crippen MR) is 391 cm³/mol. The molecule has 0 bridgehead atoms. The number of aliphatic hydroxyl groups excluding tert-OH is 1. The zero-order valence-corrected chi connectivity index (χ0v) is 64.5. The Hall–Kier alpha value is -1.94. The zero-order valence-electron chi connectivity index (χ0n) is 62.7. The van der Waals surface area contributed by atoms with Gasteiger partial charge in [0.15, 0.2) is 12.2 Å². The first-order chi connectivity index (χ1) is 46.4. The van der Waals surface area contributed by atoms with E-state index >= 15 is 0 Å². The Kier molecular flexibility index (Phi) is 67.4. The normalized spacial score (nSPS) is 14.0. The number of ether oxygens (including phenoxy) is 4. The van der Waals surface area contributed by atoms with Crippen LogP contribution in [0.1, 0.15) is 401 Å². The molecule has 0 rings (SSSR count). The molecule has 0 aromatic carbocycles. The topological polar surface area (TPSA) is 237 Å². The minimum atomic E-state index is -4.96. The fourth-order valence-corrected chi connectivity index (χ4v) is 13.4. The number of hydrogen-bond acceptors (Lipinski definition) is 15. The summed E-state index contributed by atoms with van der Waals surface area (Å²) in [5.41, 5.74) is 0. The van der Waals surface area contributed by atoms with Gasteiger partial charge in [-0.25, -0.2) is 9.13 Å². The average molecular weight is 1410 g/mol. The van der Waals surface area contributed by atoms with E-state index in [1.807, 2.05) is 0 Å². The van der Waals surface area contributed by atoms with Crippen molar-refractivity contribution in [3.05, 3.63) is 0 Å². The number of aliphatic hydroxyl groups is 1. The molecule has 0 aliphatic carbocycles. The summed E-state index contributed by atoms with van der Waals surface area (Å²) in [6.07, 6.45) is 57.1. The highest BCUT2D eigenvalue weighted by molar-refractivity contribution is 7.47. The van der Waals surface area contributed by atoms with Crippen LogP contribution in [-0.4, -0.2) is 96.7 Å². The van der Waals surface area contributed by atoms with E-state index in [1.54, 1.807) is 0 Å². The summed E-state index contributed by atoms with van der Waals surface area (Å²) in [4.78, 5) is 72.8. The van der Waals surface area contributed by atoms with E-state index in [0.29, 0.717) is 31.6 Å². The summed E-state index contributed by atoms with van der Waals surface area (Å²) in [5.74, 6) is -0.675. The second-order valence-corrected chi connectivity index (χ2v) is 31.6. The van der Waals surface area contributed by atoms with Crippen LogP contribution in [0.4, 0.5) is 0 Å². The van der Waals surface area contributed by atoms with Gasteiger partial charge in [0, 0.05) is 25.7 Å². The third-order valence-electron chi connectivity index (χ3n) is 18.0. The fourth-order valence-electron chi connectivity index (χ4n) is 11.8. The number of phosphoric ester groups is 2. The van der Waals surface area contributed by atoms with Crippen molar-refractivity contribution in [2.24, 2.45) is 11.8 Å². The third-order valence-corrected chi connectivity index (χ3v) is 19.9. The Bertz CT molecular complexity index is 1860. The maximum absolute atomic E-state index is 13.1. The molecule has 0 aromatic rings. The van der Waals surface area contributed by atoms with E-state index in [4.69, 9.17) is 37.0 Å². The smallest absolute Gasteiger partial charge is 0.462 e. The molecule has 0 aromatic heterocycles. The van der Waals surface area contributed by atoms with Gasteiger partial charge in [0.1, 0.15) is 19.3 Å². The van der Waals surface area contributed by atoms with Crippen molar-refractivity contribution in [3.8, 4) is 0 Å². The van der Waals surface area contributed by atoms with Crippen molar-refractivity contribution in [2.45, 2.75) is 419 Å². The summed E-state index contributed by atoms with van der Waals surface area (Å²) in [6.45, 7) is 9.52. The van der Waals surface area contributed by atoms with E-state index in [-0.39, 0.29) is 25.7 Å². The number of phosphoric acid groups is 2. The Morgan fingerprint density at radius 2 is 0.479 bits per heavy atom. The number of esters is 4. The van der Waals surface area contributed by atoms with Crippen LogP contribution in [0.3, 0.4) is 0 Å². The highest BCUT2D eigenvalue weighted by atomic mass is 31.2. The Labute approximate surface area is 588 Å². The van der Waals surface area contributed by atoms with E-state index < -0.39 is 97.5 Å². The fraction of sp³-hybridized carbons (Fsp3) is 0.948.